The van der Waals surface area contributed by atoms with Crippen LogP contribution in [0.5, 0.6) is 5.75 Å². The van der Waals surface area contributed by atoms with Crippen molar-refractivity contribution < 1.29 is 4.74 Å². The van der Waals surface area contributed by atoms with Crippen molar-refractivity contribution in [3.8, 4) is 5.75 Å². The summed E-state index contributed by atoms with van der Waals surface area (Å²) in [6.45, 7) is 4.49. The van der Waals surface area contributed by atoms with E-state index in [-0.39, 0.29) is 0 Å². The zero-order chi connectivity index (χ0) is 11.8. The molecule has 1 aromatic rings. The van der Waals surface area contributed by atoms with Gasteiger partial charge in [-0.15, -0.1) is 0 Å². The zero-order valence-electron chi connectivity index (χ0n) is 10.1. The lowest BCUT2D eigenvalue weighted by Gasteiger charge is -2.52. The normalized spacial score (nSPS) is 27.5. The third kappa shape index (κ3) is 1.77. The Hall–Kier alpha value is -0.510. The molecule has 90 valence electrons. The number of hydrogen-bond donors (Lipinski definition) is 0. The Morgan fingerprint density at radius 1 is 1.56 bits per heavy atom. The average Bonchev–Trinajstić information content (AvgIpc) is 2.65. The van der Waals surface area contributed by atoms with Gasteiger partial charge in [0, 0.05) is 17.3 Å². The molecule has 1 fully saturated rings. The van der Waals surface area contributed by atoms with Crippen molar-refractivity contribution in [1.82, 2.24) is 9.78 Å². The van der Waals surface area contributed by atoms with Crippen LogP contribution >= 0.6 is 15.9 Å². The van der Waals surface area contributed by atoms with Gasteiger partial charge in [-0.1, -0.05) is 29.8 Å². The van der Waals surface area contributed by atoms with Crippen molar-refractivity contribution in [3.63, 3.8) is 0 Å². The highest BCUT2D eigenvalue weighted by Gasteiger charge is 2.53. The van der Waals surface area contributed by atoms with E-state index >= 15 is 0 Å². The van der Waals surface area contributed by atoms with Crippen molar-refractivity contribution in [1.29, 1.82) is 0 Å². The number of hydrogen-bond acceptors (Lipinski definition) is 2. The highest BCUT2D eigenvalue weighted by Crippen LogP contribution is 2.52. The maximum absolute atomic E-state index is 6.03. The summed E-state index contributed by atoms with van der Waals surface area (Å²) in [5.74, 6) is 0.887. The Morgan fingerprint density at radius 2 is 2.25 bits per heavy atom. The van der Waals surface area contributed by atoms with Gasteiger partial charge in [-0.3, -0.25) is 4.68 Å². The van der Waals surface area contributed by atoms with Gasteiger partial charge in [-0.25, -0.2) is 0 Å². The molecule has 0 radical (unpaired) electrons. The average molecular weight is 287 g/mol. The number of aryl methyl sites for hydroxylation is 1. The van der Waals surface area contributed by atoms with E-state index in [1.165, 1.54) is 0 Å². The van der Waals surface area contributed by atoms with Crippen LogP contribution < -0.4 is 4.74 Å². The van der Waals surface area contributed by atoms with Gasteiger partial charge in [-0.05, 0) is 19.3 Å². The molecule has 0 saturated heterocycles. The fourth-order valence-electron chi connectivity index (χ4n) is 2.64. The maximum atomic E-state index is 6.03. The number of alkyl halides is 1. The van der Waals surface area contributed by atoms with Crippen molar-refractivity contribution >= 4 is 15.9 Å². The Bertz CT molecular complexity index is 360. The Morgan fingerprint density at radius 3 is 2.69 bits per heavy atom. The Labute approximate surface area is 105 Å². The second kappa shape index (κ2) is 4.40. The van der Waals surface area contributed by atoms with Crippen LogP contribution in [0.2, 0.25) is 0 Å². The summed E-state index contributed by atoms with van der Waals surface area (Å²) >= 11 is 3.76. The lowest BCUT2D eigenvalue weighted by molar-refractivity contribution is -0.0411. The number of ether oxygens (including phenoxy) is 1. The number of halogens is 1. The minimum atomic E-state index is 0.301. The predicted octanol–water partition coefficient (Wildman–Crippen LogP) is 3.14. The minimum absolute atomic E-state index is 0.301. The van der Waals surface area contributed by atoms with E-state index in [4.69, 9.17) is 4.74 Å². The number of nitrogens with zero attached hydrogens (tertiary/aromatic N) is 2. The van der Waals surface area contributed by atoms with Crippen LogP contribution in [-0.4, -0.2) is 20.7 Å². The fraction of sp³-hybridized carbons (Fsp3) is 0.750. The fourth-order valence-corrected chi connectivity index (χ4v) is 3.92. The van der Waals surface area contributed by atoms with Gasteiger partial charge < -0.3 is 4.74 Å². The van der Waals surface area contributed by atoms with Crippen molar-refractivity contribution in [2.75, 3.05) is 0 Å². The number of aromatic nitrogens is 2. The summed E-state index contributed by atoms with van der Waals surface area (Å²) in [6, 6.07) is 0. The summed E-state index contributed by atoms with van der Waals surface area (Å²) in [6.07, 6.45) is 7.46. The smallest absolute Gasteiger partial charge is 0.157 e. The molecule has 0 spiro atoms. The molecule has 1 aliphatic rings. The third-order valence-corrected chi connectivity index (χ3v) is 5.25. The van der Waals surface area contributed by atoms with Gasteiger partial charge in [0.15, 0.2) is 5.75 Å². The standard InChI is InChI=1S/C12H19BrN2O/c1-4-12(5-2)10(13)6-11(12)16-9-7-14-15(3)8-9/h7-8,10-11H,4-6H2,1-3H3. The highest BCUT2D eigenvalue weighted by atomic mass is 79.9. The van der Waals surface area contributed by atoms with E-state index in [2.05, 4.69) is 34.9 Å². The van der Waals surface area contributed by atoms with Gasteiger partial charge in [0.05, 0.1) is 12.4 Å². The highest BCUT2D eigenvalue weighted by molar-refractivity contribution is 9.09. The lowest BCUT2D eigenvalue weighted by atomic mass is 9.62. The van der Waals surface area contributed by atoms with Crippen LogP contribution in [0.4, 0.5) is 0 Å². The maximum Gasteiger partial charge on any atom is 0.157 e. The quantitative estimate of drug-likeness (QED) is 0.795. The van der Waals surface area contributed by atoms with Crippen molar-refractivity contribution in [2.24, 2.45) is 12.5 Å². The summed E-state index contributed by atoms with van der Waals surface area (Å²) in [7, 11) is 1.91. The van der Waals surface area contributed by atoms with Crippen molar-refractivity contribution in [3.05, 3.63) is 12.4 Å². The zero-order valence-corrected chi connectivity index (χ0v) is 11.7. The summed E-state index contributed by atoms with van der Waals surface area (Å²) in [5.41, 5.74) is 0.301. The molecule has 1 aliphatic carbocycles. The molecular weight excluding hydrogens is 268 g/mol. The topological polar surface area (TPSA) is 27.1 Å². The second-order valence-electron chi connectivity index (χ2n) is 4.60. The molecule has 16 heavy (non-hydrogen) atoms. The third-order valence-electron chi connectivity index (χ3n) is 3.96. The van der Waals surface area contributed by atoms with E-state index in [1.807, 2.05) is 13.2 Å². The summed E-state index contributed by atoms with van der Waals surface area (Å²) in [4.78, 5) is 0.594. The van der Waals surface area contributed by atoms with Crippen LogP contribution in [-0.2, 0) is 7.05 Å². The molecule has 2 atom stereocenters. The first-order valence-electron chi connectivity index (χ1n) is 5.91. The minimum Gasteiger partial charge on any atom is -0.486 e. The molecule has 3 nitrogen and oxygen atoms in total. The Balaban J connectivity index is 2.06. The van der Waals surface area contributed by atoms with Crippen molar-refractivity contribution in [2.45, 2.75) is 44.0 Å². The molecular formula is C12H19BrN2O. The van der Waals surface area contributed by atoms with Gasteiger partial charge in [0.2, 0.25) is 0 Å². The second-order valence-corrected chi connectivity index (χ2v) is 5.71. The van der Waals surface area contributed by atoms with Gasteiger partial charge in [0.1, 0.15) is 6.10 Å². The molecule has 1 aromatic heterocycles. The van der Waals surface area contributed by atoms with Crippen LogP contribution in [0, 0.1) is 5.41 Å². The Kier molecular flexibility index (Phi) is 3.29. The molecule has 0 amide bonds. The van der Waals surface area contributed by atoms with Crippen LogP contribution in [0.25, 0.3) is 0 Å². The predicted molar refractivity (Wildman–Crippen MR) is 68.0 cm³/mol. The van der Waals surface area contributed by atoms with Gasteiger partial charge >= 0.3 is 0 Å². The summed E-state index contributed by atoms with van der Waals surface area (Å²) < 4.78 is 7.80. The molecule has 0 aliphatic heterocycles. The number of rotatable bonds is 4. The van der Waals surface area contributed by atoms with Crippen LogP contribution in [0.15, 0.2) is 12.4 Å². The molecule has 4 heteroatoms. The lowest BCUT2D eigenvalue weighted by Crippen LogP contribution is -2.56. The molecule has 1 heterocycles. The molecule has 0 bridgehead atoms. The SMILES string of the molecule is CCC1(CC)C(Br)CC1Oc1cnn(C)c1. The first-order chi connectivity index (χ1) is 7.62. The van der Waals surface area contributed by atoms with E-state index < -0.39 is 0 Å². The first kappa shape index (κ1) is 12.0. The van der Waals surface area contributed by atoms with E-state index in [0.29, 0.717) is 16.3 Å². The van der Waals surface area contributed by atoms with Crippen LogP contribution in [0.1, 0.15) is 33.1 Å². The molecule has 1 saturated carbocycles. The van der Waals surface area contributed by atoms with Gasteiger partial charge in [0.25, 0.3) is 0 Å². The first-order valence-corrected chi connectivity index (χ1v) is 6.83. The largest absolute Gasteiger partial charge is 0.486 e. The summed E-state index contributed by atoms with van der Waals surface area (Å²) in [5, 5.41) is 4.13. The monoisotopic (exact) mass is 286 g/mol. The molecule has 0 N–H and O–H groups in total. The van der Waals surface area contributed by atoms with E-state index in [9.17, 15) is 0 Å². The van der Waals surface area contributed by atoms with E-state index in [1.54, 1.807) is 10.9 Å². The molecule has 2 unspecified atom stereocenters. The molecule has 2 rings (SSSR count). The molecule has 0 aromatic carbocycles. The van der Waals surface area contributed by atoms with E-state index in [0.717, 1.165) is 25.0 Å². The van der Waals surface area contributed by atoms with Crippen LogP contribution in [0.3, 0.4) is 0 Å². The van der Waals surface area contributed by atoms with Gasteiger partial charge in [-0.2, -0.15) is 5.10 Å².